The molecule has 0 spiro atoms. The highest BCUT2D eigenvalue weighted by Gasteiger charge is 2.28. The van der Waals surface area contributed by atoms with Crippen molar-refractivity contribution >= 4 is 27.5 Å². The second-order valence-electron chi connectivity index (χ2n) is 8.97. The zero-order valence-corrected chi connectivity index (χ0v) is 18.9. The number of nitrogens with zero attached hydrogens (tertiary/aromatic N) is 3. The van der Waals surface area contributed by atoms with Gasteiger partial charge in [0.1, 0.15) is 0 Å². The van der Waals surface area contributed by atoms with Crippen LogP contribution in [-0.2, 0) is 19.6 Å². The van der Waals surface area contributed by atoms with E-state index in [4.69, 9.17) is 0 Å². The van der Waals surface area contributed by atoms with Gasteiger partial charge in [-0.1, -0.05) is 0 Å². The topological polar surface area (TPSA) is 90.0 Å². The van der Waals surface area contributed by atoms with Gasteiger partial charge in [-0.15, -0.1) is 0 Å². The third-order valence-electron chi connectivity index (χ3n) is 5.29. The molecular formula is C21H32N4O4S. The highest BCUT2D eigenvalue weighted by atomic mass is 32.2. The number of hydrogen-bond acceptors (Lipinski definition) is 5. The summed E-state index contributed by atoms with van der Waals surface area (Å²) < 4.78 is 27.7. The van der Waals surface area contributed by atoms with Crippen LogP contribution in [0.25, 0.3) is 0 Å². The molecule has 2 aliphatic rings. The van der Waals surface area contributed by atoms with E-state index in [1.165, 1.54) is 4.31 Å². The molecule has 2 heterocycles. The normalized spacial score (nSPS) is 19.7. The van der Waals surface area contributed by atoms with Gasteiger partial charge in [-0.25, -0.2) is 8.42 Å². The predicted molar refractivity (Wildman–Crippen MR) is 116 cm³/mol. The number of hydrogen-bond donors (Lipinski definition) is 1. The minimum absolute atomic E-state index is 0.0501. The molecule has 9 heteroatoms. The lowest BCUT2D eigenvalue weighted by Crippen LogP contribution is -2.46. The van der Waals surface area contributed by atoms with Crippen molar-refractivity contribution in [1.29, 1.82) is 0 Å². The number of anilines is 1. The van der Waals surface area contributed by atoms with Crippen LogP contribution >= 0.6 is 0 Å². The molecule has 2 saturated heterocycles. The van der Waals surface area contributed by atoms with Crippen LogP contribution in [0.5, 0.6) is 0 Å². The SMILES string of the molecule is CC(C)(C)NC(=O)CN1CCCN(S(=O)(=O)c2ccc(N3CCCC3=O)cc2)CC1. The Morgan fingerprint density at radius 3 is 2.30 bits per heavy atom. The fraction of sp³-hybridized carbons (Fsp3) is 0.619. The third-order valence-corrected chi connectivity index (χ3v) is 7.20. The first-order valence-electron chi connectivity index (χ1n) is 10.5. The van der Waals surface area contributed by atoms with E-state index in [0.717, 1.165) is 12.1 Å². The number of amides is 2. The van der Waals surface area contributed by atoms with Crippen LogP contribution in [-0.4, -0.2) is 74.2 Å². The van der Waals surface area contributed by atoms with Gasteiger partial charge in [0.25, 0.3) is 0 Å². The summed E-state index contributed by atoms with van der Waals surface area (Å²) in [6.45, 7) is 8.71. The summed E-state index contributed by atoms with van der Waals surface area (Å²) in [4.78, 5) is 28.0. The first-order valence-corrected chi connectivity index (χ1v) is 11.9. The summed E-state index contributed by atoms with van der Waals surface area (Å²) in [5, 5.41) is 2.95. The van der Waals surface area contributed by atoms with Crippen LogP contribution in [0.3, 0.4) is 0 Å². The maximum atomic E-state index is 13.1. The predicted octanol–water partition coefficient (Wildman–Crippen LogP) is 1.42. The smallest absolute Gasteiger partial charge is 0.243 e. The minimum Gasteiger partial charge on any atom is -0.350 e. The van der Waals surface area contributed by atoms with Crippen molar-refractivity contribution < 1.29 is 18.0 Å². The summed E-state index contributed by atoms with van der Waals surface area (Å²) in [6.07, 6.45) is 2.04. The van der Waals surface area contributed by atoms with Crippen molar-refractivity contribution in [3.8, 4) is 0 Å². The average molecular weight is 437 g/mol. The summed E-state index contributed by atoms with van der Waals surface area (Å²) in [6, 6.07) is 6.57. The van der Waals surface area contributed by atoms with Crippen molar-refractivity contribution in [2.45, 2.75) is 50.5 Å². The molecule has 8 nitrogen and oxygen atoms in total. The Bertz CT molecular complexity index is 877. The van der Waals surface area contributed by atoms with E-state index in [1.54, 1.807) is 29.2 Å². The van der Waals surface area contributed by atoms with Crippen LogP contribution < -0.4 is 10.2 Å². The van der Waals surface area contributed by atoms with Crippen LogP contribution in [0, 0.1) is 0 Å². The quantitative estimate of drug-likeness (QED) is 0.754. The maximum Gasteiger partial charge on any atom is 0.243 e. The number of carbonyl (C=O) groups is 2. The summed E-state index contributed by atoms with van der Waals surface area (Å²) >= 11 is 0. The molecule has 1 aromatic rings. The van der Waals surface area contributed by atoms with Crippen LogP contribution in [0.4, 0.5) is 5.69 Å². The highest BCUT2D eigenvalue weighted by molar-refractivity contribution is 7.89. The van der Waals surface area contributed by atoms with Gasteiger partial charge in [0.2, 0.25) is 21.8 Å². The standard InChI is InChI=1S/C21H32N4O4S/c1-21(2,3)22-19(26)16-23-11-5-12-24(15-14-23)30(28,29)18-9-7-17(8-10-18)25-13-4-6-20(25)27/h7-10H,4-6,11-16H2,1-3H3,(H,22,26). The fourth-order valence-corrected chi connectivity index (χ4v) is 5.34. The van der Waals surface area contributed by atoms with Crippen molar-refractivity contribution in [2.75, 3.05) is 44.2 Å². The van der Waals surface area contributed by atoms with Crippen molar-refractivity contribution in [3.63, 3.8) is 0 Å². The Hall–Kier alpha value is -1.97. The van der Waals surface area contributed by atoms with Gasteiger partial charge in [-0.2, -0.15) is 4.31 Å². The van der Waals surface area contributed by atoms with E-state index in [-0.39, 0.29) is 28.8 Å². The number of carbonyl (C=O) groups excluding carboxylic acids is 2. The number of nitrogens with one attached hydrogen (secondary N) is 1. The van der Waals surface area contributed by atoms with Crippen LogP contribution in [0.1, 0.15) is 40.0 Å². The van der Waals surface area contributed by atoms with Crippen molar-refractivity contribution in [1.82, 2.24) is 14.5 Å². The minimum atomic E-state index is -3.62. The molecule has 166 valence electrons. The molecule has 0 bridgehead atoms. The van der Waals surface area contributed by atoms with Gasteiger partial charge in [0, 0.05) is 43.8 Å². The molecule has 30 heavy (non-hydrogen) atoms. The Labute approximate surface area is 179 Å². The maximum absolute atomic E-state index is 13.1. The fourth-order valence-electron chi connectivity index (χ4n) is 3.87. The number of rotatable bonds is 5. The van der Waals surface area contributed by atoms with Gasteiger partial charge < -0.3 is 10.2 Å². The number of sulfonamides is 1. The van der Waals surface area contributed by atoms with Gasteiger partial charge >= 0.3 is 0 Å². The first kappa shape index (κ1) is 22.7. The molecular weight excluding hydrogens is 404 g/mol. The first-order chi connectivity index (χ1) is 14.1. The molecule has 0 saturated carbocycles. The zero-order chi connectivity index (χ0) is 21.9. The third kappa shape index (κ3) is 5.59. The van der Waals surface area contributed by atoms with Gasteiger partial charge in [0.05, 0.1) is 11.4 Å². The van der Waals surface area contributed by atoms with E-state index in [1.807, 2.05) is 25.7 Å². The zero-order valence-electron chi connectivity index (χ0n) is 18.1. The Balaban J connectivity index is 1.62. The lowest BCUT2D eigenvalue weighted by Gasteiger charge is -2.25. The van der Waals surface area contributed by atoms with E-state index in [9.17, 15) is 18.0 Å². The summed E-state index contributed by atoms with van der Waals surface area (Å²) in [7, 11) is -3.62. The molecule has 1 aromatic carbocycles. The molecule has 0 radical (unpaired) electrons. The largest absolute Gasteiger partial charge is 0.350 e. The molecule has 0 unspecified atom stereocenters. The van der Waals surface area contributed by atoms with E-state index < -0.39 is 10.0 Å². The molecule has 0 aliphatic carbocycles. The summed E-state index contributed by atoms with van der Waals surface area (Å²) in [5.41, 5.74) is 0.452. The van der Waals surface area contributed by atoms with Crippen molar-refractivity contribution in [2.24, 2.45) is 0 Å². The van der Waals surface area contributed by atoms with E-state index in [0.29, 0.717) is 45.6 Å². The Morgan fingerprint density at radius 1 is 1.00 bits per heavy atom. The second kappa shape index (κ2) is 9.03. The van der Waals surface area contributed by atoms with Gasteiger partial charge in [-0.05, 0) is 64.4 Å². The molecule has 3 rings (SSSR count). The Morgan fingerprint density at radius 2 is 1.70 bits per heavy atom. The Kier molecular flexibility index (Phi) is 6.84. The second-order valence-corrected chi connectivity index (χ2v) is 10.9. The van der Waals surface area contributed by atoms with Crippen molar-refractivity contribution in [3.05, 3.63) is 24.3 Å². The van der Waals surface area contributed by atoms with Crippen LogP contribution in [0.15, 0.2) is 29.2 Å². The lowest BCUT2D eigenvalue weighted by atomic mass is 10.1. The number of benzene rings is 1. The lowest BCUT2D eigenvalue weighted by molar-refractivity contribution is -0.123. The van der Waals surface area contributed by atoms with E-state index >= 15 is 0 Å². The highest BCUT2D eigenvalue weighted by Crippen LogP contribution is 2.25. The molecule has 2 aliphatic heterocycles. The van der Waals surface area contributed by atoms with E-state index in [2.05, 4.69) is 5.32 Å². The van der Waals surface area contributed by atoms with Gasteiger partial charge in [-0.3, -0.25) is 14.5 Å². The van der Waals surface area contributed by atoms with Gasteiger partial charge in [0.15, 0.2) is 0 Å². The molecule has 0 aromatic heterocycles. The monoisotopic (exact) mass is 436 g/mol. The average Bonchev–Trinajstić information content (AvgIpc) is 2.93. The molecule has 1 N–H and O–H groups in total. The molecule has 2 fully saturated rings. The van der Waals surface area contributed by atoms with Crippen LogP contribution in [0.2, 0.25) is 0 Å². The molecule has 0 atom stereocenters. The molecule has 2 amide bonds. The summed E-state index contributed by atoms with van der Waals surface area (Å²) in [5.74, 6) is 0.0274.